The molecule has 0 saturated carbocycles. The molecule has 4 nitrogen and oxygen atoms in total. The van der Waals surface area contributed by atoms with Crippen molar-refractivity contribution in [2.45, 2.75) is 33.2 Å². The van der Waals surface area contributed by atoms with Crippen molar-refractivity contribution in [1.82, 2.24) is 10.2 Å². The molecule has 1 aliphatic rings. The summed E-state index contributed by atoms with van der Waals surface area (Å²) < 4.78 is 47.2. The van der Waals surface area contributed by atoms with Crippen LogP contribution in [0.3, 0.4) is 0 Å². The first-order valence-electron chi connectivity index (χ1n) is 8.00. The molecular weight excluding hydrogens is 357 g/mol. The first-order valence-corrected chi connectivity index (χ1v) is 8.00. The first kappa shape index (κ1) is 21.9. The molecule has 1 atom stereocenters. The Morgan fingerprint density at radius 1 is 1.12 bits per heavy atom. The van der Waals surface area contributed by atoms with Crippen molar-refractivity contribution in [3.8, 4) is 11.5 Å². The summed E-state index contributed by atoms with van der Waals surface area (Å²) in [5, 5.41) is 3.30. The van der Waals surface area contributed by atoms with Gasteiger partial charge in [0.15, 0.2) is 0 Å². The smallest absolute Gasteiger partial charge is 0.496 e. The van der Waals surface area contributed by atoms with E-state index in [4.69, 9.17) is 4.74 Å². The average Bonchev–Trinajstić information content (AvgIpc) is 2.46. The third-order valence-corrected chi connectivity index (χ3v) is 4.07. The van der Waals surface area contributed by atoms with Crippen molar-refractivity contribution in [2.24, 2.45) is 5.41 Å². The zero-order chi connectivity index (χ0) is 18.0. The Balaban J connectivity index is 0.00000312. The maximum Gasteiger partial charge on any atom is 0.573 e. The van der Waals surface area contributed by atoms with Crippen LogP contribution in [0.4, 0.5) is 13.2 Å². The standard InChI is InChI=1S/C17H25F3N2O2.ClH/c1-16(2,3)15(22-9-7-21-8-10-22)13-11-12(24-17(18,19)20)5-6-14(13)23-4;/h5-6,11,15,21H,7-10H2,1-4H3;1H/t15-;/m0./s1. The minimum absolute atomic E-state index is 0. The van der Waals surface area contributed by atoms with Crippen LogP contribution >= 0.6 is 12.4 Å². The molecule has 0 aliphatic carbocycles. The Bertz CT molecular complexity index is 556. The molecule has 1 aliphatic heterocycles. The lowest BCUT2D eigenvalue weighted by atomic mass is 9.80. The van der Waals surface area contributed by atoms with Crippen molar-refractivity contribution >= 4 is 12.4 Å². The number of nitrogens with one attached hydrogen (secondary N) is 1. The molecule has 0 spiro atoms. The molecule has 1 heterocycles. The second kappa shape index (κ2) is 8.47. The monoisotopic (exact) mass is 382 g/mol. The van der Waals surface area contributed by atoms with Crippen molar-refractivity contribution in [1.29, 1.82) is 0 Å². The number of hydrogen-bond acceptors (Lipinski definition) is 4. The van der Waals surface area contributed by atoms with Gasteiger partial charge in [-0.25, -0.2) is 0 Å². The molecule has 0 radical (unpaired) electrons. The minimum atomic E-state index is -4.71. The van der Waals surface area contributed by atoms with Crippen LogP contribution in [0, 0.1) is 5.41 Å². The van der Waals surface area contributed by atoms with Gasteiger partial charge in [0.1, 0.15) is 11.5 Å². The van der Waals surface area contributed by atoms with Crippen LogP contribution in [0.5, 0.6) is 11.5 Å². The number of rotatable bonds is 4. The van der Waals surface area contributed by atoms with Crippen LogP contribution in [-0.2, 0) is 0 Å². The normalized spacial score (nSPS) is 17.6. The van der Waals surface area contributed by atoms with Crippen molar-refractivity contribution in [2.75, 3.05) is 33.3 Å². The minimum Gasteiger partial charge on any atom is -0.496 e. The Labute approximate surface area is 153 Å². The highest BCUT2D eigenvalue weighted by molar-refractivity contribution is 5.85. The van der Waals surface area contributed by atoms with Crippen molar-refractivity contribution < 1.29 is 22.6 Å². The molecule has 0 unspecified atom stereocenters. The van der Waals surface area contributed by atoms with E-state index in [2.05, 4.69) is 35.7 Å². The van der Waals surface area contributed by atoms with E-state index in [1.165, 1.54) is 25.3 Å². The van der Waals surface area contributed by atoms with Gasteiger partial charge in [-0.2, -0.15) is 0 Å². The van der Waals surface area contributed by atoms with Gasteiger partial charge in [-0.3, -0.25) is 4.90 Å². The molecular formula is C17H26ClF3N2O2. The molecule has 25 heavy (non-hydrogen) atoms. The molecule has 2 rings (SSSR count). The highest BCUT2D eigenvalue weighted by atomic mass is 35.5. The number of methoxy groups -OCH3 is 1. The molecule has 1 aromatic carbocycles. The fraction of sp³-hybridized carbons (Fsp3) is 0.647. The number of benzene rings is 1. The van der Waals surface area contributed by atoms with E-state index in [1.54, 1.807) is 0 Å². The van der Waals surface area contributed by atoms with Gasteiger partial charge >= 0.3 is 6.36 Å². The average molecular weight is 383 g/mol. The van der Waals surface area contributed by atoms with E-state index < -0.39 is 6.36 Å². The molecule has 0 aromatic heterocycles. The third-order valence-electron chi connectivity index (χ3n) is 4.07. The maximum atomic E-state index is 12.6. The van der Waals surface area contributed by atoms with Gasteiger partial charge in [-0.15, -0.1) is 25.6 Å². The van der Waals surface area contributed by atoms with Gasteiger partial charge in [0.2, 0.25) is 0 Å². The summed E-state index contributed by atoms with van der Waals surface area (Å²) in [4.78, 5) is 2.28. The van der Waals surface area contributed by atoms with E-state index in [0.29, 0.717) is 11.3 Å². The Morgan fingerprint density at radius 3 is 2.20 bits per heavy atom. The molecule has 0 bridgehead atoms. The summed E-state index contributed by atoms with van der Waals surface area (Å²) in [5.74, 6) is 0.352. The fourth-order valence-electron chi connectivity index (χ4n) is 3.27. The predicted octanol–water partition coefficient (Wildman–Crippen LogP) is 4.01. The molecule has 1 aromatic rings. The summed E-state index contributed by atoms with van der Waals surface area (Å²) in [6, 6.07) is 4.20. The molecule has 8 heteroatoms. The second-order valence-electron chi connectivity index (χ2n) is 7.01. The highest BCUT2D eigenvalue weighted by Crippen LogP contribution is 2.43. The Kier molecular flexibility index (Phi) is 7.40. The summed E-state index contributed by atoms with van der Waals surface area (Å²) >= 11 is 0. The van der Waals surface area contributed by atoms with E-state index in [1.807, 2.05) is 0 Å². The predicted molar refractivity (Wildman–Crippen MR) is 93.6 cm³/mol. The number of halogens is 4. The van der Waals surface area contributed by atoms with E-state index in [-0.39, 0.29) is 29.6 Å². The zero-order valence-electron chi connectivity index (χ0n) is 14.9. The Hall–Kier alpha value is -1.18. The first-order chi connectivity index (χ1) is 11.1. The fourth-order valence-corrected chi connectivity index (χ4v) is 3.27. The maximum absolute atomic E-state index is 12.6. The lowest BCUT2D eigenvalue weighted by Gasteiger charge is -2.43. The third kappa shape index (κ3) is 5.94. The Morgan fingerprint density at radius 2 is 1.72 bits per heavy atom. The highest BCUT2D eigenvalue weighted by Gasteiger charge is 2.36. The van der Waals surface area contributed by atoms with Gasteiger partial charge in [0, 0.05) is 37.8 Å². The molecule has 0 amide bonds. The lowest BCUT2D eigenvalue weighted by Crippen LogP contribution is -2.48. The van der Waals surface area contributed by atoms with Crippen molar-refractivity contribution in [3.63, 3.8) is 0 Å². The molecule has 1 fully saturated rings. The van der Waals surface area contributed by atoms with Gasteiger partial charge in [0.05, 0.1) is 7.11 Å². The molecule has 1 N–H and O–H groups in total. The zero-order valence-corrected chi connectivity index (χ0v) is 15.8. The quantitative estimate of drug-likeness (QED) is 0.853. The summed E-state index contributed by atoms with van der Waals surface area (Å²) in [5.41, 5.74) is 0.537. The van der Waals surface area contributed by atoms with Gasteiger partial charge in [-0.05, 0) is 23.6 Å². The van der Waals surface area contributed by atoms with E-state index in [9.17, 15) is 13.2 Å². The number of nitrogens with zero attached hydrogens (tertiary/aromatic N) is 1. The van der Waals surface area contributed by atoms with E-state index >= 15 is 0 Å². The van der Waals surface area contributed by atoms with Crippen LogP contribution in [0.25, 0.3) is 0 Å². The number of piperazine rings is 1. The summed E-state index contributed by atoms with van der Waals surface area (Å²) in [6.45, 7) is 9.61. The van der Waals surface area contributed by atoms with Crippen LogP contribution < -0.4 is 14.8 Å². The molecule has 1 saturated heterocycles. The SMILES string of the molecule is COc1ccc(OC(F)(F)F)cc1[C@H](N1CCNCC1)C(C)(C)C.Cl. The number of ether oxygens (including phenoxy) is 2. The lowest BCUT2D eigenvalue weighted by molar-refractivity contribution is -0.274. The number of hydrogen-bond donors (Lipinski definition) is 1. The van der Waals surface area contributed by atoms with Crippen LogP contribution in [0.15, 0.2) is 18.2 Å². The van der Waals surface area contributed by atoms with E-state index in [0.717, 1.165) is 26.2 Å². The van der Waals surface area contributed by atoms with Crippen LogP contribution in [0.2, 0.25) is 0 Å². The van der Waals surface area contributed by atoms with Crippen molar-refractivity contribution in [3.05, 3.63) is 23.8 Å². The van der Waals surface area contributed by atoms with Crippen LogP contribution in [0.1, 0.15) is 32.4 Å². The summed E-state index contributed by atoms with van der Waals surface area (Å²) in [6.07, 6.45) is -4.71. The molecule has 144 valence electrons. The van der Waals surface area contributed by atoms with Gasteiger partial charge in [0.25, 0.3) is 0 Å². The van der Waals surface area contributed by atoms with Gasteiger partial charge < -0.3 is 14.8 Å². The topological polar surface area (TPSA) is 33.7 Å². The largest absolute Gasteiger partial charge is 0.573 e. The van der Waals surface area contributed by atoms with Crippen LogP contribution in [-0.4, -0.2) is 44.6 Å². The summed E-state index contributed by atoms with van der Waals surface area (Å²) in [7, 11) is 1.53. The number of alkyl halides is 3. The second-order valence-corrected chi connectivity index (χ2v) is 7.01. The van der Waals surface area contributed by atoms with Gasteiger partial charge in [-0.1, -0.05) is 20.8 Å².